The van der Waals surface area contributed by atoms with Crippen LogP contribution in [0.3, 0.4) is 0 Å². The summed E-state index contributed by atoms with van der Waals surface area (Å²) in [6, 6.07) is 9.11. The molecule has 1 N–H and O–H groups in total. The molecule has 21 heavy (non-hydrogen) atoms. The molecule has 0 aromatic heterocycles. The Balaban J connectivity index is 2.24. The first-order valence-electron chi connectivity index (χ1n) is 8.40. The third-order valence-corrected chi connectivity index (χ3v) is 3.74. The van der Waals surface area contributed by atoms with Crippen LogP contribution in [-0.4, -0.2) is 19.2 Å². The van der Waals surface area contributed by atoms with Gasteiger partial charge in [-0.05, 0) is 62.3 Å². The van der Waals surface area contributed by atoms with Crippen LogP contribution in [0.1, 0.15) is 65.9 Å². The molecule has 120 valence electrons. The van der Waals surface area contributed by atoms with Crippen LogP contribution >= 0.6 is 0 Å². The summed E-state index contributed by atoms with van der Waals surface area (Å²) >= 11 is 0. The number of ether oxygens (including phenoxy) is 1. The summed E-state index contributed by atoms with van der Waals surface area (Å²) < 4.78 is 5.88. The first-order chi connectivity index (χ1) is 9.93. The molecule has 1 aromatic carbocycles. The molecular weight excluding hydrogens is 258 g/mol. The van der Waals surface area contributed by atoms with E-state index in [2.05, 4.69) is 64.2 Å². The van der Waals surface area contributed by atoms with Crippen molar-refractivity contribution in [3.8, 4) is 5.75 Å². The van der Waals surface area contributed by atoms with Gasteiger partial charge in [0.05, 0.1) is 6.61 Å². The topological polar surface area (TPSA) is 21.3 Å². The lowest BCUT2D eigenvalue weighted by atomic mass is 9.87. The average molecular weight is 291 g/mol. The maximum absolute atomic E-state index is 5.88. The second-order valence-corrected chi connectivity index (χ2v) is 6.98. The number of nitrogens with one attached hydrogen (secondary N) is 1. The van der Waals surface area contributed by atoms with E-state index < -0.39 is 0 Å². The minimum atomic E-state index is 0.180. The lowest BCUT2D eigenvalue weighted by Gasteiger charge is -2.19. The zero-order chi connectivity index (χ0) is 15.7. The molecule has 0 bridgehead atoms. The standard InChI is InChI=1S/C19H33NO/c1-6-13-20-16(2)10-7-8-14-21-18-12-9-11-17(15-18)19(3,4)5/h9,11-12,15-16,20H,6-8,10,13-14H2,1-5H3. The Hall–Kier alpha value is -1.02. The van der Waals surface area contributed by atoms with Gasteiger partial charge in [-0.1, -0.05) is 39.8 Å². The summed E-state index contributed by atoms with van der Waals surface area (Å²) in [6.45, 7) is 13.1. The SMILES string of the molecule is CCCNC(C)CCCCOc1cccc(C(C)(C)C)c1. The number of unbranched alkanes of at least 4 members (excludes halogenated alkanes) is 1. The van der Waals surface area contributed by atoms with Crippen LogP contribution in [0.2, 0.25) is 0 Å². The molecule has 1 aromatic rings. The Labute approximate surface area is 131 Å². The fraction of sp³-hybridized carbons (Fsp3) is 0.684. The van der Waals surface area contributed by atoms with Crippen molar-refractivity contribution in [1.29, 1.82) is 0 Å². The Morgan fingerprint density at radius 1 is 1.19 bits per heavy atom. The van der Waals surface area contributed by atoms with Gasteiger partial charge in [0, 0.05) is 6.04 Å². The van der Waals surface area contributed by atoms with Crippen LogP contribution in [0.15, 0.2) is 24.3 Å². The second-order valence-electron chi connectivity index (χ2n) is 6.98. The summed E-state index contributed by atoms with van der Waals surface area (Å²) in [7, 11) is 0. The fourth-order valence-corrected chi connectivity index (χ4v) is 2.29. The van der Waals surface area contributed by atoms with E-state index in [1.54, 1.807) is 0 Å². The van der Waals surface area contributed by atoms with Crippen LogP contribution in [0.25, 0.3) is 0 Å². The smallest absolute Gasteiger partial charge is 0.119 e. The highest BCUT2D eigenvalue weighted by Crippen LogP contribution is 2.25. The normalized spacial score (nSPS) is 13.2. The van der Waals surface area contributed by atoms with E-state index in [0.29, 0.717) is 6.04 Å². The highest BCUT2D eigenvalue weighted by atomic mass is 16.5. The number of hydrogen-bond donors (Lipinski definition) is 1. The highest BCUT2D eigenvalue weighted by molar-refractivity contribution is 5.32. The summed E-state index contributed by atoms with van der Waals surface area (Å²) in [4.78, 5) is 0. The molecule has 0 amide bonds. The molecule has 2 heteroatoms. The molecule has 0 aliphatic carbocycles. The summed E-state index contributed by atoms with van der Waals surface area (Å²) in [5.74, 6) is 1.000. The van der Waals surface area contributed by atoms with Crippen LogP contribution in [0.4, 0.5) is 0 Å². The average Bonchev–Trinajstić information content (AvgIpc) is 2.44. The Bertz CT molecular complexity index is 395. The minimum Gasteiger partial charge on any atom is -0.494 e. The molecule has 1 unspecified atom stereocenters. The van der Waals surface area contributed by atoms with E-state index in [1.807, 2.05) is 0 Å². The molecule has 0 aliphatic heterocycles. The van der Waals surface area contributed by atoms with E-state index in [9.17, 15) is 0 Å². The third-order valence-electron chi connectivity index (χ3n) is 3.74. The molecule has 1 rings (SSSR count). The van der Waals surface area contributed by atoms with E-state index in [1.165, 1.54) is 24.8 Å². The Kier molecular flexibility index (Phi) is 7.81. The van der Waals surface area contributed by atoms with Crippen molar-refractivity contribution >= 4 is 0 Å². The van der Waals surface area contributed by atoms with Gasteiger partial charge in [0.25, 0.3) is 0 Å². The Morgan fingerprint density at radius 2 is 1.95 bits per heavy atom. The van der Waals surface area contributed by atoms with Crippen LogP contribution in [-0.2, 0) is 5.41 Å². The van der Waals surface area contributed by atoms with Crippen LogP contribution < -0.4 is 10.1 Å². The van der Waals surface area contributed by atoms with E-state index in [0.717, 1.165) is 25.3 Å². The van der Waals surface area contributed by atoms with E-state index in [-0.39, 0.29) is 5.41 Å². The predicted octanol–water partition coefficient (Wildman–Crippen LogP) is 4.92. The zero-order valence-corrected chi connectivity index (χ0v) is 14.5. The summed E-state index contributed by atoms with van der Waals surface area (Å²) in [5, 5.41) is 3.52. The number of hydrogen-bond acceptors (Lipinski definition) is 2. The van der Waals surface area contributed by atoms with Crippen molar-refractivity contribution in [3.63, 3.8) is 0 Å². The molecular formula is C19H33NO. The van der Waals surface area contributed by atoms with E-state index in [4.69, 9.17) is 4.74 Å². The van der Waals surface area contributed by atoms with Gasteiger partial charge < -0.3 is 10.1 Å². The first-order valence-corrected chi connectivity index (χ1v) is 8.40. The molecule has 0 saturated heterocycles. The van der Waals surface area contributed by atoms with Gasteiger partial charge in [0.15, 0.2) is 0 Å². The molecule has 0 radical (unpaired) electrons. The van der Waals surface area contributed by atoms with Crippen molar-refractivity contribution in [2.45, 2.75) is 71.8 Å². The Morgan fingerprint density at radius 3 is 2.62 bits per heavy atom. The van der Waals surface area contributed by atoms with E-state index >= 15 is 0 Å². The quantitative estimate of drug-likeness (QED) is 0.652. The van der Waals surface area contributed by atoms with Crippen molar-refractivity contribution < 1.29 is 4.74 Å². The van der Waals surface area contributed by atoms with Gasteiger partial charge in [-0.3, -0.25) is 0 Å². The molecule has 0 fully saturated rings. The van der Waals surface area contributed by atoms with Gasteiger partial charge in [0.1, 0.15) is 5.75 Å². The first kappa shape index (κ1) is 18.0. The van der Waals surface area contributed by atoms with Crippen molar-refractivity contribution in [2.75, 3.05) is 13.2 Å². The maximum atomic E-state index is 5.88. The third kappa shape index (κ3) is 7.52. The van der Waals surface area contributed by atoms with Crippen LogP contribution in [0.5, 0.6) is 5.75 Å². The molecule has 0 saturated carbocycles. The highest BCUT2D eigenvalue weighted by Gasteiger charge is 2.13. The largest absolute Gasteiger partial charge is 0.494 e. The summed E-state index contributed by atoms with van der Waals surface area (Å²) in [5.41, 5.74) is 1.51. The lowest BCUT2D eigenvalue weighted by molar-refractivity contribution is 0.301. The lowest BCUT2D eigenvalue weighted by Crippen LogP contribution is -2.26. The molecule has 0 aliphatic rings. The molecule has 1 atom stereocenters. The van der Waals surface area contributed by atoms with Gasteiger partial charge >= 0.3 is 0 Å². The number of rotatable bonds is 9. The summed E-state index contributed by atoms with van der Waals surface area (Å²) in [6.07, 6.45) is 4.78. The number of benzene rings is 1. The van der Waals surface area contributed by atoms with Crippen LogP contribution in [0, 0.1) is 0 Å². The van der Waals surface area contributed by atoms with Crippen molar-refractivity contribution in [1.82, 2.24) is 5.32 Å². The van der Waals surface area contributed by atoms with Gasteiger partial charge in [-0.15, -0.1) is 0 Å². The maximum Gasteiger partial charge on any atom is 0.119 e. The van der Waals surface area contributed by atoms with Gasteiger partial charge in [-0.2, -0.15) is 0 Å². The minimum absolute atomic E-state index is 0.180. The zero-order valence-electron chi connectivity index (χ0n) is 14.5. The molecule has 0 spiro atoms. The van der Waals surface area contributed by atoms with Crippen molar-refractivity contribution in [2.24, 2.45) is 0 Å². The predicted molar refractivity (Wildman–Crippen MR) is 92.2 cm³/mol. The molecule has 0 heterocycles. The fourth-order valence-electron chi connectivity index (χ4n) is 2.29. The van der Waals surface area contributed by atoms with Gasteiger partial charge in [-0.25, -0.2) is 0 Å². The monoisotopic (exact) mass is 291 g/mol. The molecule has 2 nitrogen and oxygen atoms in total. The second kappa shape index (κ2) is 9.09. The van der Waals surface area contributed by atoms with Gasteiger partial charge in [0.2, 0.25) is 0 Å². The van der Waals surface area contributed by atoms with Crippen molar-refractivity contribution in [3.05, 3.63) is 29.8 Å².